The van der Waals surface area contributed by atoms with Crippen LogP contribution >= 0.6 is 35.0 Å². The number of amides is 2. The zero-order valence-electron chi connectivity index (χ0n) is 12.3. The molecule has 1 atom stereocenters. The van der Waals surface area contributed by atoms with Crippen LogP contribution in [0.15, 0.2) is 18.2 Å². The molecular formula is C14H16Cl2N2O4S. The molecule has 0 spiro atoms. The van der Waals surface area contributed by atoms with Gasteiger partial charge in [-0.1, -0.05) is 23.2 Å². The lowest BCUT2D eigenvalue weighted by Crippen LogP contribution is -2.45. The van der Waals surface area contributed by atoms with E-state index in [0.717, 1.165) is 0 Å². The number of nitrogens with two attached hydrogens (primary N) is 1. The molecule has 0 saturated carbocycles. The maximum absolute atomic E-state index is 12.0. The van der Waals surface area contributed by atoms with Crippen molar-refractivity contribution in [3.8, 4) is 0 Å². The predicted molar refractivity (Wildman–Crippen MR) is 91.3 cm³/mol. The summed E-state index contributed by atoms with van der Waals surface area (Å²) in [6.07, 6.45) is 2.21. The summed E-state index contributed by atoms with van der Waals surface area (Å²) >= 11 is 13.1. The highest BCUT2D eigenvalue weighted by Crippen LogP contribution is 2.22. The number of carbonyl (C=O) groups excluding carboxylic acids is 3. The highest BCUT2D eigenvalue weighted by molar-refractivity contribution is 7.98. The Morgan fingerprint density at radius 3 is 2.57 bits per heavy atom. The Morgan fingerprint density at radius 1 is 1.30 bits per heavy atom. The molecule has 1 rings (SSSR count). The zero-order chi connectivity index (χ0) is 17.4. The molecule has 0 aliphatic rings. The Labute approximate surface area is 148 Å². The van der Waals surface area contributed by atoms with Crippen LogP contribution in [0.25, 0.3) is 0 Å². The molecule has 0 aliphatic heterocycles. The second-order valence-electron chi connectivity index (χ2n) is 4.50. The molecule has 0 aliphatic carbocycles. The van der Waals surface area contributed by atoms with Crippen LogP contribution in [0.3, 0.4) is 0 Å². The minimum atomic E-state index is -0.887. The van der Waals surface area contributed by atoms with Gasteiger partial charge in [-0.25, -0.2) is 9.59 Å². The van der Waals surface area contributed by atoms with Gasteiger partial charge in [0.15, 0.2) is 12.4 Å². The van der Waals surface area contributed by atoms with E-state index in [1.165, 1.54) is 30.0 Å². The summed E-state index contributed by atoms with van der Waals surface area (Å²) in [6, 6.07) is 2.64. The number of ketones is 1. The van der Waals surface area contributed by atoms with E-state index in [-0.39, 0.29) is 10.6 Å². The standard InChI is InChI=1S/C14H16Cl2N2O4S/c1-23-5-4-11(18-14(17)21)13(20)22-7-12(19)8-2-3-9(15)10(16)6-8/h2-3,6,11H,4-5,7H2,1H3,(H3,17,18,21)/t11-/m0/s1. The van der Waals surface area contributed by atoms with Gasteiger partial charge in [-0.05, 0) is 36.6 Å². The number of thioether (sulfide) groups is 1. The summed E-state index contributed by atoms with van der Waals surface area (Å²) in [4.78, 5) is 34.8. The maximum atomic E-state index is 12.0. The molecule has 9 heteroatoms. The van der Waals surface area contributed by atoms with E-state index < -0.39 is 30.4 Å². The number of benzene rings is 1. The van der Waals surface area contributed by atoms with Crippen molar-refractivity contribution in [2.75, 3.05) is 18.6 Å². The van der Waals surface area contributed by atoms with Crippen molar-refractivity contribution < 1.29 is 19.1 Å². The average Bonchev–Trinajstić information content (AvgIpc) is 2.51. The number of nitrogens with one attached hydrogen (secondary N) is 1. The van der Waals surface area contributed by atoms with Crippen molar-refractivity contribution in [1.82, 2.24) is 5.32 Å². The number of carbonyl (C=O) groups is 3. The van der Waals surface area contributed by atoms with Crippen LogP contribution in [0.2, 0.25) is 10.0 Å². The van der Waals surface area contributed by atoms with Crippen molar-refractivity contribution in [2.24, 2.45) is 5.73 Å². The molecule has 3 N–H and O–H groups in total. The fourth-order valence-corrected chi connectivity index (χ4v) is 2.42. The molecule has 0 unspecified atom stereocenters. The number of ether oxygens (including phenoxy) is 1. The molecule has 0 saturated heterocycles. The SMILES string of the molecule is CSCC[C@H](NC(N)=O)C(=O)OCC(=O)c1ccc(Cl)c(Cl)c1. The minimum Gasteiger partial charge on any atom is -0.456 e. The lowest BCUT2D eigenvalue weighted by Gasteiger charge is -2.15. The zero-order valence-corrected chi connectivity index (χ0v) is 14.6. The van der Waals surface area contributed by atoms with E-state index in [2.05, 4.69) is 5.32 Å². The number of hydrogen-bond acceptors (Lipinski definition) is 5. The van der Waals surface area contributed by atoms with Gasteiger partial charge in [0.05, 0.1) is 10.0 Å². The summed E-state index contributed by atoms with van der Waals surface area (Å²) < 4.78 is 4.94. The molecule has 0 radical (unpaired) electrons. The highest BCUT2D eigenvalue weighted by atomic mass is 35.5. The summed E-state index contributed by atoms with van der Waals surface area (Å²) in [5, 5.41) is 2.85. The van der Waals surface area contributed by atoms with E-state index in [1.807, 2.05) is 6.26 Å². The van der Waals surface area contributed by atoms with Gasteiger partial charge in [0, 0.05) is 5.56 Å². The van der Waals surface area contributed by atoms with Gasteiger partial charge < -0.3 is 15.8 Å². The molecule has 23 heavy (non-hydrogen) atoms. The van der Waals surface area contributed by atoms with Crippen LogP contribution in [0.1, 0.15) is 16.8 Å². The van der Waals surface area contributed by atoms with Gasteiger partial charge >= 0.3 is 12.0 Å². The number of halogens is 2. The Kier molecular flexibility index (Phi) is 8.22. The third-order valence-electron chi connectivity index (χ3n) is 2.80. The van der Waals surface area contributed by atoms with Crippen molar-refractivity contribution in [2.45, 2.75) is 12.5 Å². The van der Waals surface area contributed by atoms with Crippen molar-refractivity contribution >= 4 is 52.7 Å². The molecular weight excluding hydrogens is 363 g/mol. The third-order valence-corrected chi connectivity index (χ3v) is 4.18. The van der Waals surface area contributed by atoms with Crippen molar-refractivity contribution in [3.05, 3.63) is 33.8 Å². The van der Waals surface area contributed by atoms with Gasteiger partial charge in [0.2, 0.25) is 0 Å². The molecule has 0 heterocycles. The second kappa shape index (κ2) is 9.64. The van der Waals surface area contributed by atoms with E-state index in [9.17, 15) is 14.4 Å². The molecule has 1 aromatic rings. The number of urea groups is 1. The van der Waals surface area contributed by atoms with Gasteiger partial charge in [-0.2, -0.15) is 11.8 Å². The Bertz CT molecular complexity index is 598. The third kappa shape index (κ3) is 6.68. The van der Waals surface area contributed by atoms with E-state index in [4.69, 9.17) is 33.7 Å². The molecule has 1 aromatic carbocycles. The second-order valence-corrected chi connectivity index (χ2v) is 6.30. The minimum absolute atomic E-state index is 0.233. The van der Waals surface area contributed by atoms with Crippen LogP contribution < -0.4 is 11.1 Å². The number of hydrogen-bond donors (Lipinski definition) is 2. The molecule has 0 fully saturated rings. The molecule has 0 aromatic heterocycles. The van der Waals surface area contributed by atoms with Crippen LogP contribution in [-0.2, 0) is 9.53 Å². The van der Waals surface area contributed by atoms with E-state index >= 15 is 0 Å². The first kappa shape index (κ1) is 19.6. The van der Waals surface area contributed by atoms with Crippen molar-refractivity contribution in [1.29, 1.82) is 0 Å². The molecule has 2 amide bonds. The van der Waals surface area contributed by atoms with Crippen LogP contribution in [0.4, 0.5) is 4.79 Å². The Hall–Kier alpha value is -1.44. The quantitative estimate of drug-likeness (QED) is 0.534. The number of rotatable bonds is 8. The Balaban J connectivity index is 2.62. The van der Waals surface area contributed by atoms with Crippen LogP contribution in [0, 0.1) is 0 Å². The van der Waals surface area contributed by atoms with Crippen LogP contribution in [-0.4, -0.2) is 42.4 Å². The van der Waals surface area contributed by atoms with Crippen LogP contribution in [0.5, 0.6) is 0 Å². The van der Waals surface area contributed by atoms with E-state index in [0.29, 0.717) is 17.2 Å². The first-order chi connectivity index (χ1) is 10.8. The fourth-order valence-electron chi connectivity index (χ4n) is 1.65. The van der Waals surface area contributed by atoms with Gasteiger partial charge in [-0.3, -0.25) is 4.79 Å². The summed E-state index contributed by atoms with van der Waals surface area (Å²) in [5.41, 5.74) is 5.30. The Morgan fingerprint density at radius 2 is 2.00 bits per heavy atom. The number of Topliss-reactive ketones (excluding diaryl/α,β-unsaturated/α-hetero) is 1. The average molecular weight is 379 g/mol. The van der Waals surface area contributed by atoms with Gasteiger partial charge in [0.25, 0.3) is 0 Å². The monoisotopic (exact) mass is 378 g/mol. The first-order valence-corrected chi connectivity index (χ1v) is 8.70. The number of primary amides is 1. The molecule has 6 nitrogen and oxygen atoms in total. The van der Waals surface area contributed by atoms with Gasteiger partial charge in [0.1, 0.15) is 6.04 Å². The first-order valence-electron chi connectivity index (χ1n) is 6.55. The number of esters is 1. The normalized spacial score (nSPS) is 11.6. The topological polar surface area (TPSA) is 98.5 Å². The predicted octanol–water partition coefficient (Wildman–Crippen LogP) is 2.51. The summed E-state index contributed by atoms with van der Waals surface area (Å²) in [6.45, 7) is -0.465. The smallest absolute Gasteiger partial charge is 0.329 e. The molecule has 0 bridgehead atoms. The largest absolute Gasteiger partial charge is 0.456 e. The molecule has 126 valence electrons. The van der Waals surface area contributed by atoms with Gasteiger partial charge in [-0.15, -0.1) is 0 Å². The summed E-state index contributed by atoms with van der Waals surface area (Å²) in [5.74, 6) is -0.522. The lowest BCUT2D eigenvalue weighted by atomic mass is 10.1. The maximum Gasteiger partial charge on any atom is 0.329 e. The summed E-state index contributed by atoms with van der Waals surface area (Å²) in [7, 11) is 0. The van der Waals surface area contributed by atoms with Crippen molar-refractivity contribution in [3.63, 3.8) is 0 Å². The van der Waals surface area contributed by atoms with E-state index in [1.54, 1.807) is 0 Å². The fraction of sp³-hybridized carbons (Fsp3) is 0.357. The lowest BCUT2D eigenvalue weighted by molar-refractivity contribution is -0.144. The highest BCUT2D eigenvalue weighted by Gasteiger charge is 2.22.